The Bertz CT molecular complexity index is 418. The number of aliphatic imine (C=N–C) groups is 1. The summed E-state index contributed by atoms with van der Waals surface area (Å²) in [6.45, 7) is 9.12. The lowest BCUT2D eigenvalue weighted by atomic mass is 9.98. The standard InChI is InChI=1S/C16H30N4O3.HI/c1-4-9-18-14(21)11-19-16(17-5-2)20-10-7-8-13(12-20)15(22)23-6-3;/h13H,4-12H2,1-3H3,(H,17,19)(H,18,21);1H. The fourth-order valence-electron chi connectivity index (χ4n) is 2.51. The Morgan fingerprint density at radius 2 is 2.00 bits per heavy atom. The van der Waals surface area contributed by atoms with Crippen molar-refractivity contribution >= 4 is 41.8 Å². The van der Waals surface area contributed by atoms with Crippen molar-refractivity contribution in [2.45, 2.75) is 40.0 Å². The highest BCUT2D eigenvalue weighted by molar-refractivity contribution is 14.0. The molecule has 2 N–H and O–H groups in total. The summed E-state index contributed by atoms with van der Waals surface area (Å²) in [5, 5.41) is 6.01. The molecule has 1 rings (SSSR count). The molecule has 0 aliphatic carbocycles. The fraction of sp³-hybridized carbons (Fsp3) is 0.812. The Morgan fingerprint density at radius 1 is 1.25 bits per heavy atom. The summed E-state index contributed by atoms with van der Waals surface area (Å²) in [5.74, 6) is 0.338. The molecule has 24 heavy (non-hydrogen) atoms. The molecule has 7 nitrogen and oxygen atoms in total. The second-order valence-electron chi connectivity index (χ2n) is 5.56. The predicted molar refractivity (Wildman–Crippen MR) is 106 cm³/mol. The van der Waals surface area contributed by atoms with Crippen molar-refractivity contribution in [1.29, 1.82) is 0 Å². The molecular formula is C16H31IN4O3. The van der Waals surface area contributed by atoms with E-state index in [4.69, 9.17) is 4.74 Å². The number of nitrogens with one attached hydrogen (secondary N) is 2. The number of esters is 1. The van der Waals surface area contributed by atoms with Gasteiger partial charge in [-0.15, -0.1) is 24.0 Å². The SMILES string of the molecule is CCCNC(=O)CN=C(NCC)N1CCCC(C(=O)OCC)C1.I. The van der Waals surface area contributed by atoms with Crippen LogP contribution in [-0.4, -0.2) is 62.1 Å². The van der Waals surface area contributed by atoms with E-state index in [-0.39, 0.29) is 48.3 Å². The van der Waals surface area contributed by atoms with Gasteiger partial charge in [0.05, 0.1) is 12.5 Å². The van der Waals surface area contributed by atoms with Crippen LogP contribution >= 0.6 is 24.0 Å². The van der Waals surface area contributed by atoms with Gasteiger partial charge in [-0.1, -0.05) is 6.92 Å². The molecule has 1 fully saturated rings. The van der Waals surface area contributed by atoms with Gasteiger partial charge in [-0.2, -0.15) is 0 Å². The number of hydrogen-bond donors (Lipinski definition) is 2. The van der Waals surface area contributed by atoms with Crippen molar-refractivity contribution in [2.75, 3.05) is 39.3 Å². The van der Waals surface area contributed by atoms with E-state index in [1.807, 2.05) is 25.7 Å². The normalized spacial score (nSPS) is 17.7. The van der Waals surface area contributed by atoms with E-state index < -0.39 is 0 Å². The molecule has 0 spiro atoms. The summed E-state index contributed by atoms with van der Waals surface area (Å²) < 4.78 is 5.12. The molecule has 1 atom stereocenters. The number of halogens is 1. The smallest absolute Gasteiger partial charge is 0.310 e. The van der Waals surface area contributed by atoms with Gasteiger partial charge in [0, 0.05) is 26.2 Å². The van der Waals surface area contributed by atoms with Crippen LogP contribution in [0, 0.1) is 5.92 Å². The van der Waals surface area contributed by atoms with Gasteiger partial charge in [0.2, 0.25) is 5.91 Å². The Balaban J connectivity index is 0.00000529. The molecule has 8 heteroatoms. The molecule has 1 aliphatic heterocycles. The first-order chi connectivity index (χ1) is 11.1. The molecule has 0 radical (unpaired) electrons. The minimum absolute atomic E-state index is 0. The molecule has 0 aromatic carbocycles. The number of guanidine groups is 1. The first-order valence-electron chi connectivity index (χ1n) is 8.58. The zero-order valence-corrected chi connectivity index (χ0v) is 17.3. The second kappa shape index (κ2) is 13.3. The summed E-state index contributed by atoms with van der Waals surface area (Å²) in [4.78, 5) is 30.1. The van der Waals surface area contributed by atoms with E-state index >= 15 is 0 Å². The van der Waals surface area contributed by atoms with Gasteiger partial charge in [-0.05, 0) is 33.1 Å². The first kappa shape index (κ1) is 22.9. The molecule has 0 saturated carbocycles. The number of ether oxygens (including phenoxy) is 1. The Morgan fingerprint density at radius 3 is 2.62 bits per heavy atom. The van der Waals surface area contributed by atoms with Gasteiger partial charge >= 0.3 is 5.97 Å². The van der Waals surface area contributed by atoms with Gasteiger partial charge in [0.1, 0.15) is 6.54 Å². The average Bonchev–Trinajstić information content (AvgIpc) is 2.57. The minimum Gasteiger partial charge on any atom is -0.466 e. The van der Waals surface area contributed by atoms with Crippen LogP contribution in [0.2, 0.25) is 0 Å². The summed E-state index contributed by atoms with van der Waals surface area (Å²) in [6, 6.07) is 0. The maximum Gasteiger partial charge on any atom is 0.310 e. The maximum absolute atomic E-state index is 11.9. The molecule has 140 valence electrons. The molecule has 1 amide bonds. The minimum atomic E-state index is -0.145. The Hall–Kier alpha value is -1.06. The molecule has 0 bridgehead atoms. The van der Waals surface area contributed by atoms with Crippen LogP contribution in [0.3, 0.4) is 0 Å². The van der Waals surface area contributed by atoms with Gasteiger partial charge in [0.25, 0.3) is 0 Å². The highest BCUT2D eigenvalue weighted by atomic mass is 127. The van der Waals surface area contributed by atoms with Crippen LogP contribution in [0.4, 0.5) is 0 Å². The number of rotatable bonds is 7. The molecule has 0 aromatic rings. The Labute approximate surface area is 162 Å². The summed E-state index contributed by atoms with van der Waals surface area (Å²) in [5.41, 5.74) is 0. The van der Waals surface area contributed by atoms with Crippen molar-refractivity contribution in [3.8, 4) is 0 Å². The molecular weight excluding hydrogens is 423 g/mol. The van der Waals surface area contributed by atoms with E-state index in [1.165, 1.54) is 0 Å². The number of piperidine rings is 1. The zero-order valence-electron chi connectivity index (χ0n) is 15.0. The van der Waals surface area contributed by atoms with Crippen LogP contribution in [0.15, 0.2) is 4.99 Å². The lowest BCUT2D eigenvalue weighted by molar-refractivity contribution is -0.149. The third kappa shape index (κ3) is 8.16. The van der Waals surface area contributed by atoms with Crippen molar-refractivity contribution < 1.29 is 14.3 Å². The summed E-state index contributed by atoms with van der Waals surface area (Å²) >= 11 is 0. The highest BCUT2D eigenvalue weighted by Crippen LogP contribution is 2.18. The van der Waals surface area contributed by atoms with Crippen LogP contribution in [-0.2, 0) is 14.3 Å². The lowest BCUT2D eigenvalue weighted by Gasteiger charge is -2.33. The van der Waals surface area contributed by atoms with Crippen LogP contribution in [0.25, 0.3) is 0 Å². The quantitative estimate of drug-likeness (QED) is 0.263. The van der Waals surface area contributed by atoms with Gasteiger partial charge < -0.3 is 20.3 Å². The number of amides is 1. The maximum atomic E-state index is 11.9. The highest BCUT2D eigenvalue weighted by Gasteiger charge is 2.28. The van der Waals surface area contributed by atoms with Crippen LogP contribution < -0.4 is 10.6 Å². The van der Waals surface area contributed by atoms with Gasteiger partial charge in [-0.3, -0.25) is 9.59 Å². The van der Waals surface area contributed by atoms with Gasteiger partial charge in [-0.25, -0.2) is 4.99 Å². The van der Waals surface area contributed by atoms with E-state index in [1.54, 1.807) is 0 Å². The van der Waals surface area contributed by atoms with E-state index in [0.717, 1.165) is 32.4 Å². The number of nitrogens with zero attached hydrogens (tertiary/aromatic N) is 2. The second-order valence-corrected chi connectivity index (χ2v) is 5.56. The van der Waals surface area contributed by atoms with Crippen LogP contribution in [0.5, 0.6) is 0 Å². The Kier molecular flexibility index (Phi) is 12.7. The molecule has 0 aromatic heterocycles. The van der Waals surface area contributed by atoms with Crippen molar-refractivity contribution in [3.05, 3.63) is 0 Å². The third-order valence-electron chi connectivity index (χ3n) is 3.62. The van der Waals surface area contributed by atoms with E-state index in [9.17, 15) is 9.59 Å². The molecule has 1 unspecified atom stereocenters. The summed E-state index contributed by atoms with van der Waals surface area (Å²) in [7, 11) is 0. The average molecular weight is 454 g/mol. The fourth-order valence-corrected chi connectivity index (χ4v) is 2.51. The number of carbonyl (C=O) groups is 2. The first-order valence-corrected chi connectivity index (χ1v) is 8.58. The number of hydrogen-bond acceptors (Lipinski definition) is 4. The van der Waals surface area contributed by atoms with E-state index in [2.05, 4.69) is 15.6 Å². The predicted octanol–water partition coefficient (Wildman–Crippen LogP) is 1.37. The van der Waals surface area contributed by atoms with Gasteiger partial charge in [0.15, 0.2) is 5.96 Å². The topological polar surface area (TPSA) is 83.0 Å². The molecule has 1 saturated heterocycles. The zero-order chi connectivity index (χ0) is 17.1. The van der Waals surface area contributed by atoms with Crippen molar-refractivity contribution in [3.63, 3.8) is 0 Å². The van der Waals surface area contributed by atoms with Crippen molar-refractivity contribution in [1.82, 2.24) is 15.5 Å². The largest absolute Gasteiger partial charge is 0.466 e. The third-order valence-corrected chi connectivity index (χ3v) is 3.62. The van der Waals surface area contributed by atoms with E-state index in [0.29, 0.717) is 25.7 Å². The number of likely N-dealkylation sites (tertiary alicyclic amines) is 1. The monoisotopic (exact) mass is 454 g/mol. The lowest BCUT2D eigenvalue weighted by Crippen LogP contribution is -2.48. The van der Waals surface area contributed by atoms with Crippen molar-refractivity contribution in [2.24, 2.45) is 10.9 Å². The van der Waals surface area contributed by atoms with Crippen LogP contribution in [0.1, 0.15) is 40.0 Å². The molecule has 1 heterocycles. The number of carbonyl (C=O) groups excluding carboxylic acids is 2. The molecule has 1 aliphatic rings. The summed E-state index contributed by atoms with van der Waals surface area (Å²) in [6.07, 6.45) is 2.66.